The van der Waals surface area contributed by atoms with Crippen LogP contribution in [0.5, 0.6) is 0 Å². The predicted molar refractivity (Wildman–Crippen MR) is 118 cm³/mol. The van der Waals surface area contributed by atoms with Crippen LogP contribution in [-0.2, 0) is 14.3 Å². The second kappa shape index (κ2) is 10.2. The fraction of sp³-hybridized carbons (Fsp3) is 0.318. The van der Waals surface area contributed by atoms with Crippen molar-refractivity contribution in [3.8, 4) is 0 Å². The summed E-state index contributed by atoms with van der Waals surface area (Å²) in [6.07, 6.45) is 0.869. The molecule has 0 spiro atoms. The summed E-state index contributed by atoms with van der Waals surface area (Å²) in [6, 6.07) is 11.0. The van der Waals surface area contributed by atoms with Gasteiger partial charge >= 0.3 is 5.97 Å². The first-order valence-electron chi connectivity index (χ1n) is 10.0. The van der Waals surface area contributed by atoms with E-state index >= 15 is 0 Å². The first kappa shape index (κ1) is 23.2. The molecule has 2 aromatic rings. The molecule has 1 aliphatic rings. The number of likely N-dealkylation sites (tertiary alicyclic amines) is 1. The molecule has 1 aliphatic heterocycles. The monoisotopic (exact) mass is 459 g/mol. The van der Waals surface area contributed by atoms with Gasteiger partial charge in [-0.15, -0.1) is 0 Å². The topological polar surface area (TPSA) is 119 Å². The molecule has 1 N–H and O–H groups in total. The minimum atomic E-state index is -0.586. The number of rotatable bonds is 6. The minimum absolute atomic E-state index is 0.111. The van der Waals surface area contributed by atoms with E-state index in [4.69, 9.17) is 16.3 Å². The van der Waals surface area contributed by atoms with Crippen molar-refractivity contribution < 1.29 is 24.0 Å². The van der Waals surface area contributed by atoms with Gasteiger partial charge in [-0.25, -0.2) is 0 Å². The van der Waals surface area contributed by atoms with E-state index in [0.29, 0.717) is 42.1 Å². The van der Waals surface area contributed by atoms with E-state index in [1.54, 1.807) is 29.2 Å². The maximum absolute atomic E-state index is 12.5. The van der Waals surface area contributed by atoms with Crippen molar-refractivity contribution in [2.45, 2.75) is 19.8 Å². The lowest BCUT2D eigenvalue weighted by atomic mass is 9.96. The van der Waals surface area contributed by atoms with E-state index < -0.39 is 29.3 Å². The van der Waals surface area contributed by atoms with E-state index in [9.17, 15) is 24.5 Å². The van der Waals surface area contributed by atoms with Gasteiger partial charge in [0, 0.05) is 29.7 Å². The fourth-order valence-corrected chi connectivity index (χ4v) is 3.62. The average molecular weight is 460 g/mol. The number of hydrogen-bond donors (Lipinski definition) is 1. The molecule has 0 radical (unpaired) electrons. The number of nitro benzene ring substituents is 1. The number of nitrogens with one attached hydrogen (secondary N) is 1. The Labute approximate surface area is 189 Å². The highest BCUT2D eigenvalue weighted by molar-refractivity contribution is 6.30. The summed E-state index contributed by atoms with van der Waals surface area (Å²) in [4.78, 5) is 49.2. The Hall–Kier alpha value is -3.46. The third-order valence-electron chi connectivity index (χ3n) is 5.33. The summed E-state index contributed by atoms with van der Waals surface area (Å²) in [5, 5.41) is 14.1. The van der Waals surface area contributed by atoms with Gasteiger partial charge in [0.25, 0.3) is 17.5 Å². The van der Waals surface area contributed by atoms with Gasteiger partial charge in [-0.05, 0) is 50.1 Å². The maximum atomic E-state index is 12.5. The van der Waals surface area contributed by atoms with Crippen LogP contribution in [0.2, 0.25) is 5.02 Å². The minimum Gasteiger partial charge on any atom is -0.455 e. The van der Waals surface area contributed by atoms with Crippen molar-refractivity contribution in [3.63, 3.8) is 0 Å². The van der Waals surface area contributed by atoms with Crippen molar-refractivity contribution in [2.24, 2.45) is 5.92 Å². The number of amides is 2. The maximum Gasteiger partial charge on any atom is 0.309 e. The lowest BCUT2D eigenvalue weighted by Crippen LogP contribution is -2.41. The van der Waals surface area contributed by atoms with Crippen LogP contribution in [0, 0.1) is 23.0 Å². The number of piperidine rings is 1. The third kappa shape index (κ3) is 5.61. The quantitative estimate of drug-likeness (QED) is 0.400. The number of carbonyl (C=O) groups excluding carboxylic acids is 3. The van der Waals surface area contributed by atoms with Crippen molar-refractivity contribution >= 4 is 40.8 Å². The summed E-state index contributed by atoms with van der Waals surface area (Å²) in [6.45, 7) is 1.84. The third-order valence-corrected chi connectivity index (χ3v) is 5.58. The van der Waals surface area contributed by atoms with E-state index in [2.05, 4.69) is 5.32 Å². The van der Waals surface area contributed by atoms with Crippen molar-refractivity contribution in [3.05, 3.63) is 68.7 Å². The molecule has 1 saturated heterocycles. The second-order valence-corrected chi connectivity index (χ2v) is 7.87. The lowest BCUT2D eigenvalue weighted by Gasteiger charge is -2.31. The fourth-order valence-electron chi connectivity index (χ4n) is 3.49. The first-order chi connectivity index (χ1) is 15.3. The lowest BCUT2D eigenvalue weighted by molar-refractivity contribution is -0.385. The molecule has 0 saturated carbocycles. The van der Waals surface area contributed by atoms with Crippen LogP contribution >= 0.6 is 11.6 Å². The number of nitro groups is 1. The van der Waals surface area contributed by atoms with Crippen LogP contribution in [0.4, 0.5) is 11.4 Å². The number of nitrogens with zero attached hydrogens (tertiary/aromatic N) is 2. The van der Waals surface area contributed by atoms with Gasteiger partial charge in [0.15, 0.2) is 6.61 Å². The predicted octanol–water partition coefficient (Wildman–Crippen LogP) is 3.59. The van der Waals surface area contributed by atoms with Gasteiger partial charge in [-0.2, -0.15) is 0 Å². The van der Waals surface area contributed by atoms with Crippen molar-refractivity contribution in [1.82, 2.24) is 4.90 Å². The summed E-state index contributed by atoms with van der Waals surface area (Å²) >= 11 is 5.85. The first-order valence-corrected chi connectivity index (χ1v) is 10.4. The smallest absolute Gasteiger partial charge is 0.309 e. The number of ether oxygens (including phenoxy) is 1. The molecule has 10 heteroatoms. The van der Waals surface area contributed by atoms with Crippen LogP contribution < -0.4 is 5.32 Å². The normalized spacial score (nSPS) is 14.0. The van der Waals surface area contributed by atoms with E-state index in [-0.39, 0.29) is 17.3 Å². The molecule has 1 heterocycles. The molecule has 0 atom stereocenters. The van der Waals surface area contributed by atoms with Gasteiger partial charge in [0.1, 0.15) is 0 Å². The molecule has 2 aromatic carbocycles. The van der Waals surface area contributed by atoms with Gasteiger partial charge in [-0.3, -0.25) is 24.5 Å². The molecular formula is C22H22ClN3O6. The highest BCUT2D eigenvalue weighted by Gasteiger charge is 2.29. The van der Waals surface area contributed by atoms with Crippen LogP contribution in [0.1, 0.15) is 28.8 Å². The highest BCUT2D eigenvalue weighted by atomic mass is 35.5. The second-order valence-electron chi connectivity index (χ2n) is 7.44. The van der Waals surface area contributed by atoms with Gasteiger partial charge in [-0.1, -0.05) is 17.7 Å². The standard InChI is InChI=1S/C22H22ClN3O6/c1-14-18(3-2-4-19(14)26(30)31)24-20(27)13-32-22(29)16-9-11-25(12-10-16)21(28)15-5-7-17(23)8-6-15/h2-8,16H,9-13H2,1H3,(H,24,27). The number of halogens is 1. The summed E-state index contributed by atoms with van der Waals surface area (Å²) in [5.41, 5.74) is 1.02. The summed E-state index contributed by atoms with van der Waals surface area (Å²) < 4.78 is 5.12. The molecule has 0 unspecified atom stereocenters. The largest absolute Gasteiger partial charge is 0.455 e. The number of hydrogen-bond acceptors (Lipinski definition) is 6. The summed E-state index contributed by atoms with van der Waals surface area (Å²) in [7, 11) is 0. The molecule has 168 valence electrons. The number of esters is 1. The highest BCUT2D eigenvalue weighted by Crippen LogP contribution is 2.25. The average Bonchev–Trinajstić information content (AvgIpc) is 2.79. The molecule has 0 aromatic heterocycles. The molecule has 9 nitrogen and oxygen atoms in total. The van der Waals surface area contributed by atoms with Crippen LogP contribution in [0.25, 0.3) is 0 Å². The van der Waals surface area contributed by atoms with E-state index in [1.807, 2.05) is 0 Å². The van der Waals surface area contributed by atoms with E-state index in [0.717, 1.165) is 0 Å². The zero-order valence-corrected chi connectivity index (χ0v) is 18.1. The number of anilines is 1. The molecule has 1 fully saturated rings. The zero-order chi connectivity index (χ0) is 23.3. The van der Waals surface area contributed by atoms with Gasteiger partial charge < -0.3 is 15.0 Å². The Morgan fingerprint density at radius 1 is 1.16 bits per heavy atom. The van der Waals surface area contributed by atoms with Crippen LogP contribution in [-0.4, -0.2) is 47.3 Å². The zero-order valence-electron chi connectivity index (χ0n) is 17.4. The Morgan fingerprint density at radius 2 is 1.81 bits per heavy atom. The Bertz CT molecular complexity index is 1030. The van der Waals surface area contributed by atoms with Crippen molar-refractivity contribution in [1.29, 1.82) is 0 Å². The van der Waals surface area contributed by atoms with Crippen molar-refractivity contribution in [2.75, 3.05) is 25.0 Å². The number of carbonyl (C=O) groups is 3. The van der Waals surface area contributed by atoms with Gasteiger partial charge in [0.2, 0.25) is 0 Å². The summed E-state index contributed by atoms with van der Waals surface area (Å²) in [5.74, 6) is -1.62. The Kier molecular flexibility index (Phi) is 7.42. The molecule has 3 rings (SSSR count). The van der Waals surface area contributed by atoms with Gasteiger partial charge in [0.05, 0.1) is 22.1 Å². The molecular weight excluding hydrogens is 438 g/mol. The Morgan fingerprint density at radius 3 is 2.44 bits per heavy atom. The number of benzene rings is 2. The molecule has 32 heavy (non-hydrogen) atoms. The van der Waals surface area contributed by atoms with Crippen LogP contribution in [0.3, 0.4) is 0 Å². The molecule has 2 amide bonds. The SMILES string of the molecule is Cc1c(NC(=O)COC(=O)C2CCN(C(=O)c3ccc(Cl)cc3)CC2)cccc1[N+](=O)[O-]. The van der Waals surface area contributed by atoms with E-state index in [1.165, 1.54) is 25.1 Å². The van der Waals surface area contributed by atoms with Crippen LogP contribution in [0.15, 0.2) is 42.5 Å². The Balaban J connectivity index is 1.46. The molecule has 0 bridgehead atoms. The molecule has 0 aliphatic carbocycles.